The molecule has 1 unspecified atom stereocenters. The highest BCUT2D eigenvalue weighted by Crippen LogP contribution is 2.15. The molecule has 0 radical (unpaired) electrons. The van der Waals surface area contributed by atoms with Crippen molar-refractivity contribution in [3.8, 4) is 0 Å². The second-order valence-electron chi connectivity index (χ2n) is 1.66. The summed E-state index contributed by atoms with van der Waals surface area (Å²) in [5.41, 5.74) is 5.21. The van der Waals surface area contributed by atoms with Crippen LogP contribution in [0.5, 0.6) is 0 Å². The van der Waals surface area contributed by atoms with Crippen molar-refractivity contribution in [1.82, 2.24) is 5.32 Å². The molecule has 1 saturated heterocycles. The molecule has 0 spiro atoms. The van der Waals surface area contributed by atoms with E-state index in [4.69, 9.17) is 11.1 Å². The Morgan fingerprint density at radius 1 is 1.89 bits per heavy atom. The third-order valence-corrected chi connectivity index (χ3v) is 2.03. The largest absolute Gasteiger partial charge is 0.329 e. The van der Waals surface area contributed by atoms with Crippen molar-refractivity contribution in [3.63, 3.8) is 0 Å². The summed E-state index contributed by atoms with van der Waals surface area (Å²) in [5.74, 6) is -0.146. The van der Waals surface area contributed by atoms with Gasteiger partial charge in [-0.05, 0) is 0 Å². The zero-order chi connectivity index (χ0) is 6.85. The number of amides is 1. The smallest absolute Gasteiger partial charge is 0.240 e. The molecule has 4 nitrogen and oxygen atoms in total. The molecule has 1 amide bonds. The molecule has 4 N–H and O–H groups in total. The van der Waals surface area contributed by atoms with Gasteiger partial charge >= 0.3 is 0 Å². The lowest BCUT2D eigenvalue weighted by molar-refractivity contribution is -0.118. The van der Waals surface area contributed by atoms with Gasteiger partial charge < -0.3 is 11.1 Å². The Bertz CT molecular complexity index is 158. The number of nitrogens with one attached hydrogen (secondary N) is 2. The van der Waals surface area contributed by atoms with Gasteiger partial charge in [-0.15, -0.1) is 0 Å². The van der Waals surface area contributed by atoms with Crippen LogP contribution in [-0.4, -0.2) is 22.9 Å². The first-order valence-electron chi connectivity index (χ1n) is 2.50. The molecule has 1 fully saturated rings. The van der Waals surface area contributed by atoms with Crippen LogP contribution >= 0.6 is 11.8 Å². The van der Waals surface area contributed by atoms with E-state index in [1.807, 2.05) is 0 Å². The fraction of sp³-hybridized carbons (Fsp3) is 0.500. The number of nitrogens with two attached hydrogens (primary N) is 1. The highest BCUT2D eigenvalue weighted by Gasteiger charge is 2.27. The normalized spacial score (nSPS) is 26.6. The Kier molecular flexibility index (Phi) is 1.73. The van der Waals surface area contributed by atoms with Crippen molar-refractivity contribution in [2.75, 3.05) is 6.54 Å². The fourth-order valence-corrected chi connectivity index (χ4v) is 1.28. The standard InChI is InChI=1S/C4H7N3OS/c5-1-2-3(8)7-4(6)9-2/h2H,1,5H2,(H2,6,7,8). The molecule has 50 valence electrons. The van der Waals surface area contributed by atoms with E-state index in [0.717, 1.165) is 0 Å². The molecule has 0 aromatic rings. The summed E-state index contributed by atoms with van der Waals surface area (Å²) < 4.78 is 0. The van der Waals surface area contributed by atoms with Gasteiger partial charge in [0.1, 0.15) is 5.25 Å². The van der Waals surface area contributed by atoms with Crippen LogP contribution in [-0.2, 0) is 4.79 Å². The van der Waals surface area contributed by atoms with Gasteiger partial charge in [-0.3, -0.25) is 10.2 Å². The summed E-state index contributed by atoms with van der Waals surface area (Å²) in [5, 5.41) is 9.30. The molecule has 1 rings (SSSR count). The lowest BCUT2D eigenvalue weighted by Crippen LogP contribution is -2.29. The number of thioether (sulfide) groups is 1. The average Bonchev–Trinajstić information content (AvgIpc) is 2.10. The van der Waals surface area contributed by atoms with Crippen molar-refractivity contribution in [3.05, 3.63) is 0 Å². The molecule has 1 aliphatic heterocycles. The molecular formula is C4H7N3OS. The van der Waals surface area contributed by atoms with E-state index in [2.05, 4.69) is 5.32 Å². The van der Waals surface area contributed by atoms with Crippen molar-refractivity contribution >= 4 is 22.8 Å². The van der Waals surface area contributed by atoms with Gasteiger partial charge in [0.05, 0.1) is 0 Å². The maximum Gasteiger partial charge on any atom is 0.240 e. The van der Waals surface area contributed by atoms with E-state index in [0.29, 0.717) is 6.54 Å². The zero-order valence-electron chi connectivity index (χ0n) is 4.68. The average molecular weight is 145 g/mol. The maximum atomic E-state index is 10.7. The Balaban J connectivity index is 2.58. The van der Waals surface area contributed by atoms with E-state index >= 15 is 0 Å². The summed E-state index contributed by atoms with van der Waals surface area (Å²) in [6.45, 7) is 0.304. The van der Waals surface area contributed by atoms with E-state index in [-0.39, 0.29) is 16.3 Å². The van der Waals surface area contributed by atoms with E-state index in [1.54, 1.807) is 0 Å². The Morgan fingerprint density at radius 3 is 2.78 bits per heavy atom. The minimum Gasteiger partial charge on any atom is -0.329 e. The molecule has 1 aliphatic rings. The van der Waals surface area contributed by atoms with E-state index in [9.17, 15) is 4.79 Å². The number of hydrogen-bond acceptors (Lipinski definition) is 4. The monoisotopic (exact) mass is 145 g/mol. The van der Waals surface area contributed by atoms with Gasteiger partial charge in [0.2, 0.25) is 5.91 Å². The topological polar surface area (TPSA) is 79.0 Å². The number of rotatable bonds is 1. The zero-order valence-corrected chi connectivity index (χ0v) is 5.49. The van der Waals surface area contributed by atoms with Gasteiger partial charge in [0.25, 0.3) is 0 Å². The minimum absolute atomic E-state index is 0.146. The first kappa shape index (κ1) is 6.57. The second kappa shape index (κ2) is 2.36. The van der Waals surface area contributed by atoms with Crippen molar-refractivity contribution < 1.29 is 4.79 Å². The Labute approximate surface area is 56.7 Å². The first-order valence-corrected chi connectivity index (χ1v) is 3.38. The first-order chi connectivity index (χ1) is 4.24. The van der Waals surface area contributed by atoms with E-state index in [1.165, 1.54) is 11.8 Å². The quantitative estimate of drug-likeness (QED) is 0.448. The predicted octanol–water partition coefficient (Wildman–Crippen LogP) is -0.889. The van der Waals surface area contributed by atoms with Crippen LogP contribution in [0.4, 0.5) is 0 Å². The Morgan fingerprint density at radius 2 is 2.56 bits per heavy atom. The van der Waals surface area contributed by atoms with Crippen LogP contribution in [0.15, 0.2) is 0 Å². The summed E-state index contributed by atoms with van der Waals surface area (Å²) in [6, 6.07) is 0. The van der Waals surface area contributed by atoms with Crippen molar-refractivity contribution in [1.29, 1.82) is 5.41 Å². The van der Waals surface area contributed by atoms with Crippen LogP contribution < -0.4 is 11.1 Å². The predicted molar refractivity (Wildman–Crippen MR) is 36.3 cm³/mol. The van der Waals surface area contributed by atoms with Gasteiger partial charge in [-0.2, -0.15) is 0 Å². The van der Waals surface area contributed by atoms with Crippen molar-refractivity contribution in [2.24, 2.45) is 5.73 Å². The summed E-state index contributed by atoms with van der Waals surface area (Å²) in [7, 11) is 0. The van der Waals surface area contributed by atoms with Crippen LogP contribution in [0.3, 0.4) is 0 Å². The molecule has 1 heterocycles. The molecule has 1 atom stereocenters. The minimum atomic E-state index is -0.238. The second-order valence-corrected chi connectivity index (χ2v) is 2.87. The van der Waals surface area contributed by atoms with Crippen LogP contribution in [0.2, 0.25) is 0 Å². The Hall–Kier alpha value is -0.550. The molecule has 0 aromatic heterocycles. The van der Waals surface area contributed by atoms with Gasteiger partial charge in [0.15, 0.2) is 5.17 Å². The molecule has 0 aliphatic carbocycles. The van der Waals surface area contributed by atoms with E-state index < -0.39 is 0 Å². The number of amidine groups is 1. The third-order valence-electron chi connectivity index (χ3n) is 1.00. The lowest BCUT2D eigenvalue weighted by atomic mass is 10.4. The van der Waals surface area contributed by atoms with Crippen LogP contribution in [0.25, 0.3) is 0 Å². The number of carbonyl (C=O) groups excluding carboxylic acids is 1. The molecule has 0 bridgehead atoms. The van der Waals surface area contributed by atoms with Gasteiger partial charge in [-0.25, -0.2) is 0 Å². The summed E-state index contributed by atoms with van der Waals surface area (Å²) in [4.78, 5) is 10.7. The highest BCUT2D eigenvalue weighted by atomic mass is 32.2. The molecule has 0 aromatic carbocycles. The number of hydrogen-bond donors (Lipinski definition) is 3. The van der Waals surface area contributed by atoms with Crippen molar-refractivity contribution in [2.45, 2.75) is 5.25 Å². The molecule has 0 saturated carbocycles. The van der Waals surface area contributed by atoms with Crippen LogP contribution in [0.1, 0.15) is 0 Å². The summed E-state index contributed by atoms with van der Waals surface area (Å²) in [6.07, 6.45) is 0. The SMILES string of the molecule is N=C1NC(=O)C(CN)S1. The molecule has 5 heteroatoms. The lowest BCUT2D eigenvalue weighted by Gasteiger charge is -1.95. The highest BCUT2D eigenvalue weighted by molar-refractivity contribution is 8.15. The third kappa shape index (κ3) is 1.22. The van der Waals surface area contributed by atoms with Crippen LogP contribution in [0, 0.1) is 5.41 Å². The van der Waals surface area contributed by atoms with Gasteiger partial charge in [-0.1, -0.05) is 11.8 Å². The van der Waals surface area contributed by atoms with Gasteiger partial charge in [0, 0.05) is 6.54 Å². The maximum absolute atomic E-state index is 10.7. The molecular weight excluding hydrogens is 138 g/mol. The number of carbonyl (C=O) groups is 1. The fourth-order valence-electron chi connectivity index (χ4n) is 0.573. The summed E-state index contributed by atoms with van der Waals surface area (Å²) >= 11 is 1.17. The molecule has 9 heavy (non-hydrogen) atoms.